The van der Waals surface area contributed by atoms with Gasteiger partial charge in [0, 0.05) is 35.4 Å². The van der Waals surface area contributed by atoms with Crippen LogP contribution in [0.1, 0.15) is 24.6 Å². The SMILES string of the molecule is CSCCC(NC(=O)C(Cc1cnc[nH]1)NC(=O)C(N)Cc1c[nH]c2ccccc12)C(=O)NC(C(=O)O)C(C)O. The molecule has 3 rings (SSSR count). The van der Waals surface area contributed by atoms with E-state index < -0.39 is 54.0 Å². The first kappa shape index (κ1) is 30.7. The van der Waals surface area contributed by atoms with Gasteiger partial charge in [0.2, 0.25) is 17.7 Å². The number of hydrogen-bond donors (Lipinski definition) is 8. The Morgan fingerprint density at radius 3 is 2.38 bits per heavy atom. The van der Waals surface area contributed by atoms with Crippen LogP contribution in [0.25, 0.3) is 10.9 Å². The number of carbonyl (C=O) groups excluding carboxylic acids is 3. The van der Waals surface area contributed by atoms with Crippen molar-refractivity contribution >= 4 is 46.4 Å². The Kier molecular flexibility index (Phi) is 11.1. The van der Waals surface area contributed by atoms with Gasteiger partial charge >= 0.3 is 5.97 Å². The number of carboxylic acid groups (broad SMARTS) is 1. The van der Waals surface area contributed by atoms with E-state index in [9.17, 15) is 29.4 Å². The standard InChI is InChI=1S/C26H35N7O6S/c1-14(34)22(26(38)39)33-24(36)20(7-8-40-2)31-25(37)21(10-16-12-28-13-30-16)32-23(35)18(27)9-15-11-29-19-6-4-3-5-17(15)19/h3-6,11-14,18,20-22,29,34H,7-10,27H2,1-2H3,(H,28,30)(H,31,37)(H,32,35)(H,33,36)(H,38,39). The number of aliphatic hydroxyl groups excluding tert-OH is 1. The lowest BCUT2D eigenvalue weighted by atomic mass is 10.0. The number of hydrogen-bond acceptors (Lipinski definition) is 8. The molecule has 13 nitrogen and oxygen atoms in total. The van der Waals surface area contributed by atoms with Crippen LogP contribution < -0.4 is 21.7 Å². The van der Waals surface area contributed by atoms with Gasteiger partial charge < -0.3 is 41.9 Å². The van der Waals surface area contributed by atoms with E-state index >= 15 is 0 Å². The van der Waals surface area contributed by atoms with Crippen molar-refractivity contribution in [3.63, 3.8) is 0 Å². The summed E-state index contributed by atoms with van der Waals surface area (Å²) < 4.78 is 0. The van der Waals surface area contributed by atoms with Crippen LogP contribution in [0.15, 0.2) is 43.0 Å². The molecule has 3 aromatic rings. The third-order valence-corrected chi connectivity index (χ3v) is 7.00. The minimum absolute atomic E-state index is 0.0413. The number of nitrogens with two attached hydrogens (primary N) is 1. The minimum atomic E-state index is -1.55. The first-order valence-electron chi connectivity index (χ1n) is 12.7. The average molecular weight is 574 g/mol. The molecule has 0 aliphatic rings. The number of aliphatic carboxylic acids is 1. The number of aromatic amines is 2. The van der Waals surface area contributed by atoms with Crippen LogP contribution in [-0.2, 0) is 32.0 Å². The summed E-state index contributed by atoms with van der Waals surface area (Å²) in [6.07, 6.45) is 5.66. The Morgan fingerprint density at radius 1 is 1.02 bits per heavy atom. The molecule has 2 heterocycles. The second-order valence-corrected chi connectivity index (χ2v) is 10.4. The topological polar surface area (TPSA) is 215 Å². The summed E-state index contributed by atoms with van der Waals surface area (Å²) in [7, 11) is 0. The van der Waals surface area contributed by atoms with Crippen molar-refractivity contribution in [3.05, 3.63) is 54.2 Å². The first-order valence-corrected chi connectivity index (χ1v) is 14.1. The van der Waals surface area contributed by atoms with E-state index in [4.69, 9.17) is 5.73 Å². The van der Waals surface area contributed by atoms with Gasteiger partial charge in [0.05, 0.1) is 18.5 Å². The summed E-state index contributed by atoms with van der Waals surface area (Å²) in [6.45, 7) is 1.24. The molecule has 14 heteroatoms. The maximum Gasteiger partial charge on any atom is 0.328 e. The van der Waals surface area contributed by atoms with Crippen LogP contribution in [0.2, 0.25) is 0 Å². The molecule has 5 unspecified atom stereocenters. The molecule has 40 heavy (non-hydrogen) atoms. The minimum Gasteiger partial charge on any atom is -0.480 e. The van der Waals surface area contributed by atoms with Gasteiger partial charge in [-0.15, -0.1) is 0 Å². The van der Waals surface area contributed by atoms with Crippen molar-refractivity contribution < 1.29 is 29.4 Å². The zero-order valence-electron chi connectivity index (χ0n) is 22.2. The molecule has 0 bridgehead atoms. The molecule has 2 aromatic heterocycles. The highest BCUT2D eigenvalue weighted by atomic mass is 32.2. The smallest absolute Gasteiger partial charge is 0.328 e. The van der Waals surface area contributed by atoms with E-state index in [1.807, 2.05) is 30.5 Å². The number of aromatic nitrogens is 3. The van der Waals surface area contributed by atoms with Gasteiger partial charge in [-0.1, -0.05) is 18.2 Å². The molecule has 0 radical (unpaired) electrons. The summed E-state index contributed by atoms with van der Waals surface area (Å²) in [5, 5.41) is 27.6. The molecule has 0 aliphatic heterocycles. The van der Waals surface area contributed by atoms with Gasteiger partial charge in [-0.2, -0.15) is 11.8 Å². The van der Waals surface area contributed by atoms with Gasteiger partial charge in [0.1, 0.15) is 12.1 Å². The number of nitrogens with zero attached hydrogens (tertiary/aromatic N) is 1. The van der Waals surface area contributed by atoms with E-state index in [1.165, 1.54) is 31.2 Å². The lowest BCUT2D eigenvalue weighted by molar-refractivity contribution is -0.145. The molecule has 0 fully saturated rings. The molecule has 0 saturated heterocycles. The quantitative estimate of drug-likeness (QED) is 0.119. The van der Waals surface area contributed by atoms with Crippen molar-refractivity contribution in [2.45, 2.75) is 56.5 Å². The number of imidazole rings is 1. The van der Waals surface area contributed by atoms with E-state index in [2.05, 4.69) is 30.9 Å². The van der Waals surface area contributed by atoms with Gasteiger partial charge in [-0.25, -0.2) is 9.78 Å². The monoisotopic (exact) mass is 573 g/mol. The lowest BCUT2D eigenvalue weighted by Gasteiger charge is -2.25. The van der Waals surface area contributed by atoms with Crippen LogP contribution in [0, 0.1) is 0 Å². The van der Waals surface area contributed by atoms with Gasteiger partial charge in [0.25, 0.3) is 0 Å². The van der Waals surface area contributed by atoms with Crippen molar-refractivity contribution in [1.29, 1.82) is 0 Å². The highest BCUT2D eigenvalue weighted by Crippen LogP contribution is 2.19. The number of benzene rings is 1. The number of carbonyl (C=O) groups is 4. The highest BCUT2D eigenvalue weighted by molar-refractivity contribution is 7.98. The van der Waals surface area contributed by atoms with E-state index in [0.717, 1.165) is 16.5 Å². The second-order valence-electron chi connectivity index (χ2n) is 9.42. The molecule has 3 amide bonds. The Balaban J connectivity index is 1.74. The Bertz CT molecular complexity index is 1300. The third kappa shape index (κ3) is 8.31. The van der Waals surface area contributed by atoms with Crippen molar-refractivity contribution in [3.8, 4) is 0 Å². The predicted molar refractivity (Wildman–Crippen MR) is 150 cm³/mol. The average Bonchev–Trinajstić information content (AvgIpc) is 3.58. The summed E-state index contributed by atoms with van der Waals surface area (Å²) in [5.41, 5.74) is 8.56. The fourth-order valence-electron chi connectivity index (χ4n) is 4.15. The Labute approximate surface area is 235 Å². The number of aliphatic hydroxyl groups is 1. The van der Waals surface area contributed by atoms with Crippen LogP contribution in [-0.4, -0.2) is 91.1 Å². The van der Waals surface area contributed by atoms with Crippen LogP contribution >= 0.6 is 11.8 Å². The normalized spacial score (nSPS) is 15.0. The Hall–Kier alpha value is -3.88. The number of para-hydroxylation sites is 1. The fraction of sp³-hybridized carbons (Fsp3) is 0.423. The highest BCUT2D eigenvalue weighted by Gasteiger charge is 2.32. The molecular weight excluding hydrogens is 538 g/mol. The summed E-state index contributed by atoms with van der Waals surface area (Å²) in [6, 6.07) is 2.89. The number of nitrogens with one attached hydrogen (secondary N) is 5. The molecule has 9 N–H and O–H groups in total. The van der Waals surface area contributed by atoms with Gasteiger partial charge in [-0.05, 0) is 43.4 Å². The number of H-pyrrole nitrogens is 2. The zero-order chi connectivity index (χ0) is 29.2. The number of fused-ring (bicyclic) bond motifs is 1. The number of carboxylic acids is 1. The Morgan fingerprint density at radius 2 is 1.73 bits per heavy atom. The molecule has 0 spiro atoms. The molecule has 0 aliphatic carbocycles. The third-order valence-electron chi connectivity index (χ3n) is 6.35. The van der Waals surface area contributed by atoms with Gasteiger partial charge in [0.15, 0.2) is 6.04 Å². The summed E-state index contributed by atoms with van der Waals surface area (Å²) >= 11 is 1.44. The fourth-order valence-corrected chi connectivity index (χ4v) is 4.63. The maximum atomic E-state index is 13.4. The predicted octanol–water partition coefficient (Wildman–Crippen LogP) is -0.324. The molecular formula is C26H35N7O6S. The largest absolute Gasteiger partial charge is 0.480 e. The van der Waals surface area contributed by atoms with E-state index in [-0.39, 0.29) is 19.3 Å². The van der Waals surface area contributed by atoms with Crippen LogP contribution in [0.5, 0.6) is 0 Å². The number of rotatable bonds is 15. The number of thioether (sulfide) groups is 1. The van der Waals surface area contributed by atoms with Crippen molar-refractivity contribution in [1.82, 2.24) is 30.9 Å². The molecule has 216 valence electrons. The van der Waals surface area contributed by atoms with E-state index in [1.54, 1.807) is 6.20 Å². The van der Waals surface area contributed by atoms with Gasteiger partial charge in [-0.3, -0.25) is 14.4 Å². The maximum absolute atomic E-state index is 13.4. The number of amides is 3. The van der Waals surface area contributed by atoms with Crippen molar-refractivity contribution in [2.75, 3.05) is 12.0 Å². The van der Waals surface area contributed by atoms with Crippen LogP contribution in [0.3, 0.4) is 0 Å². The molecule has 1 aromatic carbocycles. The van der Waals surface area contributed by atoms with Crippen molar-refractivity contribution in [2.24, 2.45) is 5.73 Å². The molecule has 5 atom stereocenters. The zero-order valence-corrected chi connectivity index (χ0v) is 23.0. The second kappa shape index (κ2) is 14.5. The lowest BCUT2D eigenvalue weighted by Crippen LogP contribution is -2.59. The summed E-state index contributed by atoms with van der Waals surface area (Å²) in [4.78, 5) is 60.9. The van der Waals surface area contributed by atoms with Crippen LogP contribution in [0.4, 0.5) is 0 Å². The van der Waals surface area contributed by atoms with E-state index in [0.29, 0.717) is 11.4 Å². The summed E-state index contributed by atoms with van der Waals surface area (Å²) in [5.74, 6) is -2.91. The first-order chi connectivity index (χ1) is 19.1. The molecule has 0 saturated carbocycles.